The van der Waals surface area contributed by atoms with Gasteiger partial charge in [0.15, 0.2) is 9.84 Å². The van der Waals surface area contributed by atoms with E-state index >= 15 is 0 Å². The number of carbonyl (C=O) groups is 1. The number of halogens is 2. The first-order valence-corrected chi connectivity index (χ1v) is 11.2. The smallest absolute Gasteiger partial charge is 0.272 e. The summed E-state index contributed by atoms with van der Waals surface area (Å²) in [5.74, 6) is -0.538. The van der Waals surface area contributed by atoms with Crippen LogP contribution in [0.15, 0.2) is 41.3 Å². The zero-order valence-corrected chi connectivity index (χ0v) is 17.0. The number of hydrogen-bond donors (Lipinski definition) is 0. The zero-order chi connectivity index (χ0) is 19.4. The zero-order valence-electron chi connectivity index (χ0n) is 14.7. The lowest BCUT2D eigenvalue weighted by atomic mass is 10.2. The molecule has 1 aliphatic heterocycles. The molecular weight excluding hydrogens is 407 g/mol. The molecule has 1 aliphatic rings. The van der Waals surface area contributed by atoms with Gasteiger partial charge in [0, 0.05) is 13.1 Å². The van der Waals surface area contributed by atoms with Crippen molar-refractivity contribution >= 4 is 38.9 Å². The highest BCUT2D eigenvalue weighted by Crippen LogP contribution is 2.31. The van der Waals surface area contributed by atoms with Gasteiger partial charge in [-0.1, -0.05) is 48.2 Å². The van der Waals surface area contributed by atoms with Crippen molar-refractivity contribution in [1.82, 2.24) is 9.88 Å². The van der Waals surface area contributed by atoms with Crippen molar-refractivity contribution in [3.8, 4) is 0 Å². The van der Waals surface area contributed by atoms with E-state index < -0.39 is 9.84 Å². The summed E-state index contributed by atoms with van der Waals surface area (Å²) >= 11 is 12.1. The molecule has 0 unspecified atom stereocenters. The molecule has 8 heteroatoms. The van der Waals surface area contributed by atoms with Gasteiger partial charge in [0.1, 0.15) is 10.6 Å². The highest BCUT2D eigenvalue weighted by molar-refractivity contribution is 7.90. The van der Waals surface area contributed by atoms with Gasteiger partial charge in [-0.25, -0.2) is 13.4 Å². The first-order valence-electron chi connectivity index (χ1n) is 8.80. The molecule has 2 aromatic rings. The lowest BCUT2D eigenvalue weighted by molar-refractivity contribution is 0.0755. The molecule has 1 fully saturated rings. The van der Waals surface area contributed by atoms with Gasteiger partial charge in [-0.05, 0) is 37.1 Å². The largest absolute Gasteiger partial charge is 0.337 e. The van der Waals surface area contributed by atoms with Crippen LogP contribution in [0.1, 0.15) is 41.9 Å². The van der Waals surface area contributed by atoms with Crippen LogP contribution in [-0.4, -0.2) is 37.3 Å². The number of rotatable bonds is 4. The molecule has 27 heavy (non-hydrogen) atoms. The molecule has 5 nitrogen and oxygen atoms in total. The molecule has 1 amide bonds. The van der Waals surface area contributed by atoms with E-state index in [1.807, 2.05) is 0 Å². The van der Waals surface area contributed by atoms with Gasteiger partial charge in [0.05, 0.1) is 21.5 Å². The lowest BCUT2D eigenvalue weighted by Gasteiger charge is -2.20. The summed E-state index contributed by atoms with van der Waals surface area (Å²) in [5.41, 5.74) is 0.543. The molecule has 0 bridgehead atoms. The molecule has 0 spiro atoms. The van der Waals surface area contributed by atoms with Crippen LogP contribution in [0.25, 0.3) is 0 Å². The monoisotopic (exact) mass is 426 g/mol. The molecule has 2 heterocycles. The summed E-state index contributed by atoms with van der Waals surface area (Å²) in [6, 6.07) is 9.40. The summed E-state index contributed by atoms with van der Waals surface area (Å²) in [7, 11) is -3.80. The van der Waals surface area contributed by atoms with Crippen molar-refractivity contribution in [2.75, 3.05) is 13.1 Å². The van der Waals surface area contributed by atoms with Crippen LogP contribution in [0, 0.1) is 0 Å². The van der Waals surface area contributed by atoms with Crippen LogP contribution in [0.3, 0.4) is 0 Å². The van der Waals surface area contributed by atoms with Gasteiger partial charge < -0.3 is 4.90 Å². The minimum atomic E-state index is -3.80. The third kappa shape index (κ3) is 4.81. The van der Waals surface area contributed by atoms with Gasteiger partial charge >= 0.3 is 0 Å². The number of hydrogen-bond acceptors (Lipinski definition) is 4. The normalized spacial score (nSPS) is 15.4. The summed E-state index contributed by atoms with van der Waals surface area (Å²) in [6.07, 6.45) is 4.19. The Morgan fingerprint density at radius 3 is 2.19 bits per heavy atom. The van der Waals surface area contributed by atoms with Crippen LogP contribution in [0.5, 0.6) is 0 Å². The van der Waals surface area contributed by atoms with Crippen LogP contribution >= 0.6 is 23.2 Å². The maximum atomic E-state index is 12.8. The van der Waals surface area contributed by atoms with E-state index in [0.717, 1.165) is 25.7 Å². The fourth-order valence-electron chi connectivity index (χ4n) is 3.16. The average Bonchev–Trinajstić information content (AvgIpc) is 2.90. The molecule has 0 saturated carbocycles. The van der Waals surface area contributed by atoms with Crippen molar-refractivity contribution < 1.29 is 13.2 Å². The molecule has 1 aromatic carbocycles. The highest BCUT2D eigenvalue weighted by atomic mass is 35.5. The molecule has 3 rings (SSSR count). The fraction of sp³-hybridized carbons (Fsp3) is 0.368. The Morgan fingerprint density at radius 1 is 0.963 bits per heavy atom. The van der Waals surface area contributed by atoms with E-state index in [2.05, 4.69) is 4.98 Å². The van der Waals surface area contributed by atoms with E-state index in [4.69, 9.17) is 23.2 Å². The molecule has 0 aliphatic carbocycles. The molecule has 1 saturated heterocycles. The second-order valence-corrected chi connectivity index (χ2v) is 9.27. The van der Waals surface area contributed by atoms with Crippen molar-refractivity contribution in [3.05, 3.63) is 57.8 Å². The highest BCUT2D eigenvalue weighted by Gasteiger charge is 2.24. The Balaban J connectivity index is 1.84. The minimum absolute atomic E-state index is 0.0688. The molecule has 0 radical (unpaired) electrons. The molecule has 1 aromatic heterocycles. The number of sulfone groups is 1. The maximum Gasteiger partial charge on any atom is 0.272 e. The first-order chi connectivity index (χ1) is 12.9. The predicted molar refractivity (Wildman–Crippen MR) is 106 cm³/mol. The number of carbonyl (C=O) groups excluding carboxylic acids is 1. The van der Waals surface area contributed by atoms with Crippen molar-refractivity contribution in [2.24, 2.45) is 0 Å². The van der Waals surface area contributed by atoms with Gasteiger partial charge in [0.25, 0.3) is 5.91 Å². The van der Waals surface area contributed by atoms with Crippen LogP contribution in [-0.2, 0) is 15.6 Å². The summed E-state index contributed by atoms with van der Waals surface area (Å²) in [5, 5.41) is 0.138. The van der Waals surface area contributed by atoms with Gasteiger partial charge in [-0.15, -0.1) is 0 Å². The maximum absolute atomic E-state index is 12.8. The Morgan fingerprint density at radius 2 is 1.56 bits per heavy atom. The Bertz CT molecular complexity index is 919. The van der Waals surface area contributed by atoms with Crippen molar-refractivity contribution in [2.45, 2.75) is 36.3 Å². The van der Waals surface area contributed by atoms with E-state index in [1.165, 1.54) is 12.1 Å². The van der Waals surface area contributed by atoms with Gasteiger partial charge in [0.2, 0.25) is 0 Å². The first kappa shape index (κ1) is 20.1. The van der Waals surface area contributed by atoms with Gasteiger partial charge in [-0.2, -0.15) is 0 Å². The van der Waals surface area contributed by atoms with Crippen molar-refractivity contribution in [1.29, 1.82) is 0 Å². The number of likely N-dealkylation sites (tertiary alicyclic amines) is 1. The van der Waals surface area contributed by atoms with Crippen LogP contribution in [0.2, 0.25) is 10.0 Å². The predicted octanol–water partition coefficient (Wildman–Crippen LogP) is 4.38. The van der Waals surface area contributed by atoms with E-state index in [-0.39, 0.29) is 38.0 Å². The van der Waals surface area contributed by atoms with Crippen molar-refractivity contribution in [3.63, 3.8) is 0 Å². The number of pyridine rings is 1. The number of nitrogens with zero attached hydrogens (tertiary/aromatic N) is 2. The Hall–Kier alpha value is -1.63. The number of benzene rings is 1. The van der Waals surface area contributed by atoms with E-state index in [1.54, 1.807) is 29.2 Å². The summed E-state index contributed by atoms with van der Waals surface area (Å²) in [4.78, 5) is 18.7. The summed E-state index contributed by atoms with van der Waals surface area (Å²) in [6.45, 7) is 1.41. The fourth-order valence-corrected chi connectivity index (χ4v) is 5.69. The number of aromatic nitrogens is 1. The van der Waals surface area contributed by atoms with Crippen LogP contribution < -0.4 is 0 Å². The molecular formula is C19H20Cl2N2O3S. The third-order valence-electron chi connectivity index (χ3n) is 4.49. The number of amides is 1. The summed E-state index contributed by atoms with van der Waals surface area (Å²) < 4.78 is 25.5. The quantitative estimate of drug-likeness (QED) is 0.727. The Labute approximate surface area is 169 Å². The molecule has 144 valence electrons. The second kappa shape index (κ2) is 8.59. The van der Waals surface area contributed by atoms with E-state index in [9.17, 15) is 13.2 Å². The van der Waals surface area contributed by atoms with Gasteiger partial charge in [-0.3, -0.25) is 4.79 Å². The standard InChI is InChI=1S/C19H20Cl2N2O3S/c20-15-8-6-9-16(21)18(15)27(25,26)13-14-7-5-10-17(22-14)19(24)23-11-3-1-2-4-12-23/h5-10H,1-4,11-13H2. The average molecular weight is 427 g/mol. The topological polar surface area (TPSA) is 67.3 Å². The SMILES string of the molecule is O=C(c1cccc(CS(=O)(=O)c2c(Cl)cccc2Cl)n1)N1CCCCCC1. The molecule has 0 atom stereocenters. The lowest BCUT2D eigenvalue weighted by Crippen LogP contribution is -2.32. The second-order valence-electron chi connectivity index (χ2n) is 6.53. The Kier molecular flexibility index (Phi) is 6.40. The minimum Gasteiger partial charge on any atom is -0.337 e. The van der Waals surface area contributed by atoms with E-state index in [0.29, 0.717) is 13.1 Å². The third-order valence-corrected chi connectivity index (χ3v) is 7.08. The molecule has 0 N–H and O–H groups in total. The van der Waals surface area contributed by atoms with Crippen LogP contribution in [0.4, 0.5) is 0 Å².